The van der Waals surface area contributed by atoms with Crippen LogP contribution in [0.15, 0.2) is 91.1 Å². The lowest BCUT2D eigenvalue weighted by Crippen LogP contribution is -2.36. The Morgan fingerprint density at radius 1 is 0.972 bits per heavy atom. The number of rotatable bonds is 6. The van der Waals surface area contributed by atoms with Crippen molar-refractivity contribution in [2.75, 3.05) is 11.5 Å². The molecule has 5 aromatic rings. The minimum atomic E-state index is -0.527. The molecule has 3 heterocycles. The smallest absolute Gasteiger partial charge is 0.241 e. The Hall–Kier alpha value is -4.23. The fraction of sp³-hybridized carbons (Fsp3) is 0.138. The molecule has 36 heavy (non-hydrogen) atoms. The molecule has 6 nitrogen and oxygen atoms in total. The third kappa shape index (κ3) is 4.07. The van der Waals surface area contributed by atoms with Crippen molar-refractivity contribution < 1.29 is 14.3 Å². The molecule has 2 aromatic heterocycles. The zero-order valence-electron chi connectivity index (χ0n) is 19.6. The van der Waals surface area contributed by atoms with Crippen LogP contribution in [-0.2, 0) is 11.3 Å². The molecule has 7 heteroatoms. The maximum absolute atomic E-state index is 14.5. The van der Waals surface area contributed by atoms with Crippen molar-refractivity contribution >= 4 is 32.6 Å². The van der Waals surface area contributed by atoms with Gasteiger partial charge in [0.05, 0.1) is 35.0 Å². The number of amides is 1. The summed E-state index contributed by atoms with van der Waals surface area (Å²) in [5, 5.41) is 0.621. The van der Waals surface area contributed by atoms with Crippen LogP contribution in [0.4, 0.5) is 5.13 Å². The normalized spacial score (nSPS) is 12.5. The van der Waals surface area contributed by atoms with Crippen molar-refractivity contribution in [1.82, 2.24) is 9.97 Å². The predicted octanol–water partition coefficient (Wildman–Crippen LogP) is 6.56. The molecule has 3 aromatic carbocycles. The molecule has 0 unspecified atom stereocenters. The molecular formula is C29H23N3O3S. The van der Waals surface area contributed by atoms with E-state index in [-0.39, 0.29) is 5.91 Å². The summed E-state index contributed by atoms with van der Waals surface area (Å²) in [5.41, 5.74) is 3.29. The van der Waals surface area contributed by atoms with Crippen LogP contribution in [0.5, 0.6) is 17.2 Å². The van der Waals surface area contributed by atoms with Gasteiger partial charge in [-0.1, -0.05) is 53.8 Å². The van der Waals surface area contributed by atoms with Gasteiger partial charge in [-0.05, 0) is 49.4 Å². The standard InChI is InChI=1S/C29H23N3O3S/c1-2-34-20-14-15-23-26(17-20)36-29(31-23)32(18-19-9-7-8-16-30-19)28(33)27-21-10-3-5-12-24(21)35-25-13-6-4-11-22(25)27/h3-17,27H,2,18H2,1H3. The van der Waals surface area contributed by atoms with Crippen molar-refractivity contribution in [3.05, 3.63) is 108 Å². The van der Waals surface area contributed by atoms with E-state index in [1.165, 1.54) is 11.3 Å². The first-order valence-corrected chi connectivity index (χ1v) is 12.6. The van der Waals surface area contributed by atoms with E-state index in [2.05, 4.69) is 4.98 Å². The van der Waals surface area contributed by atoms with E-state index in [9.17, 15) is 4.79 Å². The number of hydrogen-bond donors (Lipinski definition) is 0. The molecule has 0 aliphatic carbocycles. The van der Waals surface area contributed by atoms with Gasteiger partial charge in [0.25, 0.3) is 0 Å². The van der Waals surface area contributed by atoms with Crippen LogP contribution in [0, 0.1) is 0 Å². The monoisotopic (exact) mass is 493 g/mol. The fourth-order valence-corrected chi connectivity index (χ4v) is 5.49. The van der Waals surface area contributed by atoms with Crippen LogP contribution in [-0.4, -0.2) is 22.5 Å². The largest absolute Gasteiger partial charge is 0.494 e. The highest BCUT2D eigenvalue weighted by atomic mass is 32.1. The summed E-state index contributed by atoms with van der Waals surface area (Å²) in [6.07, 6.45) is 1.74. The predicted molar refractivity (Wildman–Crippen MR) is 141 cm³/mol. The van der Waals surface area contributed by atoms with Gasteiger partial charge in [0.15, 0.2) is 5.13 Å². The summed E-state index contributed by atoms with van der Waals surface area (Å²) in [6.45, 7) is 2.85. The molecule has 0 N–H and O–H groups in total. The lowest BCUT2D eigenvalue weighted by molar-refractivity contribution is -0.119. The second-order valence-electron chi connectivity index (χ2n) is 8.42. The molecule has 6 rings (SSSR count). The van der Waals surface area contributed by atoms with Crippen LogP contribution in [0.2, 0.25) is 0 Å². The van der Waals surface area contributed by atoms with E-state index < -0.39 is 5.92 Å². The zero-order valence-corrected chi connectivity index (χ0v) is 20.4. The maximum atomic E-state index is 14.5. The average molecular weight is 494 g/mol. The number of para-hydroxylation sites is 2. The van der Waals surface area contributed by atoms with Crippen LogP contribution in [0.3, 0.4) is 0 Å². The zero-order chi connectivity index (χ0) is 24.5. The minimum absolute atomic E-state index is 0.0760. The van der Waals surface area contributed by atoms with Crippen LogP contribution in [0.1, 0.15) is 29.7 Å². The van der Waals surface area contributed by atoms with Crippen molar-refractivity contribution in [2.45, 2.75) is 19.4 Å². The summed E-state index contributed by atoms with van der Waals surface area (Å²) >= 11 is 1.47. The first-order chi connectivity index (χ1) is 17.7. The van der Waals surface area contributed by atoms with Gasteiger partial charge in [-0.15, -0.1) is 0 Å². The van der Waals surface area contributed by atoms with E-state index in [4.69, 9.17) is 14.5 Å². The molecule has 0 bridgehead atoms. The molecule has 0 atom stereocenters. The Balaban J connectivity index is 1.47. The van der Waals surface area contributed by atoms with Crippen molar-refractivity contribution in [2.24, 2.45) is 0 Å². The van der Waals surface area contributed by atoms with Crippen molar-refractivity contribution in [3.8, 4) is 17.2 Å². The Morgan fingerprint density at radius 2 is 1.69 bits per heavy atom. The van der Waals surface area contributed by atoms with E-state index in [1.54, 1.807) is 11.1 Å². The quantitative estimate of drug-likeness (QED) is 0.268. The van der Waals surface area contributed by atoms with Crippen molar-refractivity contribution in [1.29, 1.82) is 0 Å². The molecule has 1 amide bonds. The second kappa shape index (κ2) is 9.43. The third-order valence-electron chi connectivity index (χ3n) is 6.13. The Morgan fingerprint density at radius 3 is 2.39 bits per heavy atom. The summed E-state index contributed by atoms with van der Waals surface area (Å²) in [4.78, 5) is 25.5. The van der Waals surface area contributed by atoms with Gasteiger partial charge in [0.2, 0.25) is 5.91 Å². The Labute approximate surface area is 212 Å². The number of carbonyl (C=O) groups is 1. The van der Waals surface area contributed by atoms with E-state index in [0.29, 0.717) is 29.8 Å². The first-order valence-electron chi connectivity index (χ1n) is 11.8. The number of aromatic nitrogens is 2. The number of nitrogens with zero attached hydrogens (tertiary/aromatic N) is 3. The number of hydrogen-bond acceptors (Lipinski definition) is 6. The summed E-state index contributed by atoms with van der Waals surface area (Å²) < 4.78 is 12.8. The average Bonchev–Trinajstić information content (AvgIpc) is 3.34. The third-order valence-corrected chi connectivity index (χ3v) is 7.17. The molecule has 178 valence electrons. The summed E-state index contributed by atoms with van der Waals surface area (Å²) in [6, 6.07) is 27.0. The number of pyridine rings is 1. The highest BCUT2D eigenvalue weighted by molar-refractivity contribution is 7.22. The van der Waals surface area contributed by atoms with Crippen LogP contribution < -0.4 is 14.4 Å². The van der Waals surface area contributed by atoms with Crippen LogP contribution >= 0.6 is 11.3 Å². The fourth-order valence-electron chi connectivity index (χ4n) is 4.49. The van der Waals surface area contributed by atoms with Gasteiger partial charge in [-0.25, -0.2) is 4.98 Å². The topological polar surface area (TPSA) is 64.5 Å². The summed E-state index contributed by atoms with van der Waals surface area (Å²) in [7, 11) is 0. The lowest BCUT2D eigenvalue weighted by atomic mass is 9.87. The van der Waals surface area contributed by atoms with Crippen molar-refractivity contribution in [3.63, 3.8) is 0 Å². The molecule has 0 spiro atoms. The van der Waals surface area contributed by atoms with Crippen LogP contribution in [0.25, 0.3) is 10.2 Å². The van der Waals surface area contributed by atoms with Gasteiger partial charge < -0.3 is 9.47 Å². The number of ether oxygens (including phenoxy) is 2. The Kier molecular flexibility index (Phi) is 5.83. The van der Waals surface area contributed by atoms with Gasteiger partial charge in [-0.3, -0.25) is 14.7 Å². The lowest BCUT2D eigenvalue weighted by Gasteiger charge is -2.31. The highest BCUT2D eigenvalue weighted by Gasteiger charge is 2.36. The first kappa shape index (κ1) is 22.2. The Bertz CT molecular complexity index is 1500. The molecule has 0 saturated carbocycles. The van der Waals surface area contributed by atoms with Gasteiger partial charge in [0.1, 0.15) is 17.2 Å². The van der Waals surface area contributed by atoms with E-state index in [1.807, 2.05) is 91.9 Å². The number of benzene rings is 3. The number of fused-ring (bicyclic) bond motifs is 3. The molecule has 0 fully saturated rings. The summed E-state index contributed by atoms with van der Waals surface area (Å²) in [5.74, 6) is 1.57. The molecule has 0 saturated heterocycles. The molecule has 1 aliphatic heterocycles. The SMILES string of the molecule is CCOc1ccc2nc(N(Cc3ccccn3)C(=O)C3c4ccccc4Oc4ccccc43)sc2c1. The highest BCUT2D eigenvalue weighted by Crippen LogP contribution is 2.45. The number of anilines is 1. The maximum Gasteiger partial charge on any atom is 0.241 e. The van der Waals surface area contributed by atoms with E-state index in [0.717, 1.165) is 32.8 Å². The minimum Gasteiger partial charge on any atom is -0.494 e. The van der Waals surface area contributed by atoms with Gasteiger partial charge in [0, 0.05) is 17.3 Å². The molecular weight excluding hydrogens is 470 g/mol. The van der Waals surface area contributed by atoms with E-state index >= 15 is 0 Å². The van der Waals surface area contributed by atoms with Gasteiger partial charge >= 0.3 is 0 Å². The second-order valence-corrected chi connectivity index (χ2v) is 9.42. The number of carbonyl (C=O) groups excluding carboxylic acids is 1. The molecule has 0 radical (unpaired) electrons. The molecule has 1 aliphatic rings. The number of thiazole rings is 1. The van der Waals surface area contributed by atoms with Gasteiger partial charge in [-0.2, -0.15) is 0 Å².